The minimum atomic E-state index is 0.0383. The fraction of sp³-hybridized carbons (Fsp3) is 0.455. The lowest BCUT2D eigenvalue weighted by molar-refractivity contribution is 0.0510. The molecule has 1 unspecified atom stereocenters. The maximum absolute atomic E-state index is 5.89. The van der Waals surface area contributed by atoms with E-state index in [1.165, 1.54) is 17.5 Å². The van der Waals surface area contributed by atoms with Crippen molar-refractivity contribution in [3.05, 3.63) is 35.4 Å². The van der Waals surface area contributed by atoms with Gasteiger partial charge in [0.15, 0.2) is 0 Å². The van der Waals surface area contributed by atoms with Crippen molar-refractivity contribution in [1.29, 1.82) is 0 Å². The highest BCUT2D eigenvalue weighted by atomic mass is 32.2. The predicted octanol–water partition coefficient (Wildman–Crippen LogP) is 2.55. The molecule has 1 nitrogen and oxygen atoms in total. The van der Waals surface area contributed by atoms with E-state index in [2.05, 4.69) is 24.3 Å². The Morgan fingerprint density at radius 1 is 1.31 bits per heavy atom. The molecule has 1 aliphatic carbocycles. The van der Waals surface area contributed by atoms with E-state index in [4.69, 9.17) is 4.74 Å². The number of aryl methyl sites for hydroxylation is 1. The molecule has 3 rings (SSSR count). The van der Waals surface area contributed by atoms with E-state index in [0.717, 1.165) is 18.8 Å². The van der Waals surface area contributed by atoms with Gasteiger partial charge >= 0.3 is 0 Å². The molecule has 1 aliphatic heterocycles. The van der Waals surface area contributed by atoms with Gasteiger partial charge in [-0.3, -0.25) is 0 Å². The van der Waals surface area contributed by atoms with Crippen LogP contribution in [-0.4, -0.2) is 12.4 Å². The molecule has 2 aliphatic rings. The van der Waals surface area contributed by atoms with Gasteiger partial charge in [-0.05, 0) is 24.0 Å². The lowest BCUT2D eigenvalue weighted by Crippen LogP contribution is -2.16. The standard InChI is InChI=1S/C11H12OS/c1-2-4-10-9(3-1)5-6-11(10)12-7-8-13-11/h1-4H,5-8H2. The summed E-state index contributed by atoms with van der Waals surface area (Å²) >= 11 is 1.97. The van der Waals surface area contributed by atoms with E-state index in [9.17, 15) is 0 Å². The first-order chi connectivity index (χ1) is 6.41. The number of ether oxygens (including phenoxy) is 1. The molecular formula is C11H12OS. The van der Waals surface area contributed by atoms with Crippen LogP contribution in [0.15, 0.2) is 24.3 Å². The summed E-state index contributed by atoms with van der Waals surface area (Å²) in [5, 5.41) is 0. The van der Waals surface area contributed by atoms with Crippen LogP contribution in [-0.2, 0) is 16.1 Å². The van der Waals surface area contributed by atoms with E-state index in [1.54, 1.807) is 0 Å². The molecular weight excluding hydrogens is 180 g/mol. The quantitative estimate of drug-likeness (QED) is 0.624. The second kappa shape index (κ2) is 2.76. The monoisotopic (exact) mass is 192 g/mol. The minimum absolute atomic E-state index is 0.0383. The normalized spacial score (nSPS) is 31.1. The lowest BCUT2D eigenvalue weighted by Gasteiger charge is -2.22. The third kappa shape index (κ3) is 1.05. The Balaban J connectivity index is 2.11. The largest absolute Gasteiger partial charge is 0.359 e. The first-order valence-electron chi connectivity index (χ1n) is 4.77. The zero-order chi connectivity index (χ0) is 8.73. The SMILES string of the molecule is c1ccc2c(c1)CCC21OCCS1. The van der Waals surface area contributed by atoms with Crippen molar-refractivity contribution in [2.45, 2.75) is 17.8 Å². The summed E-state index contributed by atoms with van der Waals surface area (Å²) in [5.74, 6) is 1.15. The van der Waals surface area contributed by atoms with Gasteiger partial charge in [-0.2, -0.15) is 0 Å². The average molecular weight is 192 g/mol. The van der Waals surface area contributed by atoms with E-state index in [0.29, 0.717) is 0 Å². The first-order valence-corrected chi connectivity index (χ1v) is 5.76. The van der Waals surface area contributed by atoms with Crippen LogP contribution in [0, 0.1) is 0 Å². The summed E-state index contributed by atoms with van der Waals surface area (Å²) in [6, 6.07) is 8.69. The maximum Gasteiger partial charge on any atom is 0.139 e. The second-order valence-electron chi connectivity index (χ2n) is 3.61. The van der Waals surface area contributed by atoms with Crippen LogP contribution in [0.3, 0.4) is 0 Å². The second-order valence-corrected chi connectivity index (χ2v) is 4.96. The zero-order valence-corrected chi connectivity index (χ0v) is 8.27. The van der Waals surface area contributed by atoms with Crippen molar-refractivity contribution in [2.75, 3.05) is 12.4 Å². The predicted molar refractivity (Wildman–Crippen MR) is 54.9 cm³/mol. The molecule has 0 saturated carbocycles. The molecule has 1 aromatic rings. The van der Waals surface area contributed by atoms with Gasteiger partial charge in [0, 0.05) is 5.75 Å². The van der Waals surface area contributed by atoms with Crippen molar-refractivity contribution >= 4 is 11.8 Å². The number of fused-ring (bicyclic) bond motifs is 2. The van der Waals surface area contributed by atoms with Gasteiger partial charge in [-0.25, -0.2) is 0 Å². The summed E-state index contributed by atoms with van der Waals surface area (Å²) in [5.41, 5.74) is 2.91. The Bertz CT molecular complexity index is 329. The molecule has 1 heterocycles. The third-order valence-corrected chi connectivity index (χ3v) is 4.28. The van der Waals surface area contributed by atoms with Crippen molar-refractivity contribution in [2.24, 2.45) is 0 Å². The molecule has 1 saturated heterocycles. The highest BCUT2D eigenvalue weighted by Crippen LogP contribution is 2.51. The van der Waals surface area contributed by atoms with Crippen LogP contribution in [0.2, 0.25) is 0 Å². The third-order valence-electron chi connectivity index (χ3n) is 2.90. The van der Waals surface area contributed by atoms with Crippen molar-refractivity contribution in [3.63, 3.8) is 0 Å². The summed E-state index contributed by atoms with van der Waals surface area (Å²) in [6.45, 7) is 0.916. The summed E-state index contributed by atoms with van der Waals surface area (Å²) in [4.78, 5) is 0.0383. The molecule has 1 atom stereocenters. The molecule has 0 bridgehead atoms. The van der Waals surface area contributed by atoms with Crippen LogP contribution in [0.1, 0.15) is 17.5 Å². The molecule has 0 amide bonds. The maximum atomic E-state index is 5.89. The Morgan fingerprint density at radius 2 is 2.23 bits per heavy atom. The molecule has 13 heavy (non-hydrogen) atoms. The fourth-order valence-electron chi connectivity index (χ4n) is 2.30. The molecule has 1 fully saturated rings. The highest BCUT2D eigenvalue weighted by molar-refractivity contribution is 8.00. The van der Waals surface area contributed by atoms with Crippen LogP contribution >= 0.6 is 11.8 Å². The Labute approximate surface area is 82.5 Å². The summed E-state index contributed by atoms with van der Waals surface area (Å²) in [7, 11) is 0. The lowest BCUT2D eigenvalue weighted by atomic mass is 10.1. The van der Waals surface area contributed by atoms with Crippen molar-refractivity contribution in [3.8, 4) is 0 Å². The molecule has 0 aromatic heterocycles. The smallest absolute Gasteiger partial charge is 0.139 e. The van der Waals surface area contributed by atoms with Gasteiger partial charge in [-0.15, -0.1) is 11.8 Å². The van der Waals surface area contributed by atoms with Crippen molar-refractivity contribution < 1.29 is 4.74 Å². The van der Waals surface area contributed by atoms with Gasteiger partial charge in [0.2, 0.25) is 0 Å². The Morgan fingerprint density at radius 3 is 3.08 bits per heavy atom. The van der Waals surface area contributed by atoms with E-state index < -0.39 is 0 Å². The number of benzene rings is 1. The molecule has 1 spiro atoms. The minimum Gasteiger partial charge on any atom is -0.359 e. The van der Waals surface area contributed by atoms with Gasteiger partial charge in [-0.1, -0.05) is 24.3 Å². The number of hydrogen-bond donors (Lipinski definition) is 0. The number of rotatable bonds is 0. The zero-order valence-electron chi connectivity index (χ0n) is 7.45. The van der Waals surface area contributed by atoms with Crippen LogP contribution in [0.5, 0.6) is 0 Å². The first kappa shape index (κ1) is 7.89. The fourth-order valence-corrected chi connectivity index (χ4v) is 3.56. The number of thioether (sulfide) groups is 1. The van der Waals surface area contributed by atoms with Crippen LogP contribution in [0.25, 0.3) is 0 Å². The van der Waals surface area contributed by atoms with E-state index in [1.807, 2.05) is 11.8 Å². The molecule has 0 N–H and O–H groups in total. The van der Waals surface area contributed by atoms with E-state index in [-0.39, 0.29) is 4.93 Å². The Kier molecular flexibility index (Phi) is 1.67. The summed E-state index contributed by atoms with van der Waals surface area (Å²) < 4.78 is 5.89. The number of hydrogen-bond acceptors (Lipinski definition) is 2. The van der Waals surface area contributed by atoms with Crippen LogP contribution in [0.4, 0.5) is 0 Å². The van der Waals surface area contributed by atoms with Gasteiger partial charge in [0.05, 0.1) is 6.61 Å². The average Bonchev–Trinajstić information content (AvgIpc) is 2.78. The van der Waals surface area contributed by atoms with Gasteiger partial charge in [0.1, 0.15) is 4.93 Å². The van der Waals surface area contributed by atoms with Crippen molar-refractivity contribution in [1.82, 2.24) is 0 Å². The summed E-state index contributed by atoms with van der Waals surface area (Å²) in [6.07, 6.45) is 2.35. The molecule has 2 heteroatoms. The molecule has 68 valence electrons. The molecule has 0 radical (unpaired) electrons. The Hall–Kier alpha value is -0.470. The van der Waals surface area contributed by atoms with Gasteiger partial charge in [0.25, 0.3) is 0 Å². The molecule has 1 aromatic carbocycles. The highest BCUT2D eigenvalue weighted by Gasteiger charge is 2.42. The van der Waals surface area contributed by atoms with Gasteiger partial charge < -0.3 is 4.74 Å². The van der Waals surface area contributed by atoms with E-state index >= 15 is 0 Å². The topological polar surface area (TPSA) is 9.23 Å². The van der Waals surface area contributed by atoms with Crippen LogP contribution < -0.4 is 0 Å².